The molecule has 0 radical (unpaired) electrons. The van der Waals surface area contributed by atoms with Crippen molar-refractivity contribution in [3.63, 3.8) is 0 Å². The van der Waals surface area contributed by atoms with Crippen molar-refractivity contribution in [2.75, 3.05) is 11.4 Å². The lowest BCUT2D eigenvalue weighted by atomic mass is 10.2. The van der Waals surface area contributed by atoms with Crippen LogP contribution in [0.1, 0.15) is 24.7 Å². The van der Waals surface area contributed by atoms with Gasteiger partial charge in [0.15, 0.2) is 0 Å². The normalized spacial score (nSPS) is 18.5. The van der Waals surface area contributed by atoms with Gasteiger partial charge in [-0.2, -0.15) is 0 Å². The molecule has 3 aromatic rings. The largest absolute Gasteiger partial charge is 0.340 e. The number of benzene rings is 1. The van der Waals surface area contributed by atoms with Crippen LogP contribution in [0.3, 0.4) is 0 Å². The lowest BCUT2D eigenvalue weighted by Gasteiger charge is -2.22. The smallest absolute Gasteiger partial charge is 0.225 e. The molecule has 2 aromatic heterocycles. The number of H-pyrrole nitrogens is 1. The summed E-state index contributed by atoms with van der Waals surface area (Å²) >= 11 is 5.86. The van der Waals surface area contributed by atoms with Crippen LogP contribution in [0, 0.1) is 0 Å². The van der Waals surface area contributed by atoms with Crippen LogP contribution in [0.5, 0.6) is 0 Å². The molecule has 1 aromatic carbocycles. The molecule has 0 amide bonds. The summed E-state index contributed by atoms with van der Waals surface area (Å²) in [6.07, 6.45) is 5.43. The van der Waals surface area contributed by atoms with Gasteiger partial charge in [-0.1, -0.05) is 23.7 Å². The first-order chi connectivity index (χ1) is 10.3. The number of hydrogen-bond acceptors (Lipinski definition) is 4. The van der Waals surface area contributed by atoms with E-state index in [9.17, 15) is 0 Å². The molecule has 4 rings (SSSR count). The standard InChI is InChI=1S/C15H14ClN5/c16-10-8-17-15(18-9-10)21-7-3-6-13(21)14-19-11-4-1-2-5-12(11)20-14/h1-2,4-5,8-9,13H,3,6-7H2,(H,19,20). The highest BCUT2D eigenvalue weighted by molar-refractivity contribution is 6.30. The van der Waals surface area contributed by atoms with Crippen LogP contribution in [0.25, 0.3) is 11.0 Å². The molecule has 0 aliphatic carbocycles. The molecule has 1 fully saturated rings. The van der Waals surface area contributed by atoms with Crippen LogP contribution >= 0.6 is 11.6 Å². The predicted octanol–water partition coefficient (Wildman–Crippen LogP) is 3.35. The fourth-order valence-corrected chi connectivity index (χ4v) is 2.97. The van der Waals surface area contributed by atoms with Crippen LogP contribution < -0.4 is 4.90 Å². The van der Waals surface area contributed by atoms with Gasteiger partial charge in [-0.15, -0.1) is 0 Å². The average Bonchev–Trinajstić information content (AvgIpc) is 3.14. The number of nitrogens with one attached hydrogen (secondary N) is 1. The van der Waals surface area contributed by atoms with E-state index in [0.717, 1.165) is 36.2 Å². The summed E-state index contributed by atoms with van der Waals surface area (Å²) in [7, 11) is 0. The maximum Gasteiger partial charge on any atom is 0.225 e. The number of aromatic nitrogens is 4. The average molecular weight is 300 g/mol. The van der Waals surface area contributed by atoms with E-state index in [-0.39, 0.29) is 6.04 Å². The molecule has 1 aliphatic heterocycles. The fraction of sp³-hybridized carbons (Fsp3) is 0.267. The van der Waals surface area contributed by atoms with Gasteiger partial charge in [0.25, 0.3) is 0 Å². The predicted molar refractivity (Wildman–Crippen MR) is 82.5 cm³/mol. The summed E-state index contributed by atoms with van der Waals surface area (Å²) in [6.45, 7) is 0.934. The van der Waals surface area contributed by atoms with Crippen molar-refractivity contribution in [1.82, 2.24) is 19.9 Å². The van der Waals surface area contributed by atoms with Gasteiger partial charge in [0, 0.05) is 6.54 Å². The van der Waals surface area contributed by atoms with Crippen molar-refractivity contribution < 1.29 is 0 Å². The molecule has 1 aliphatic rings. The molecule has 5 nitrogen and oxygen atoms in total. The Kier molecular flexibility index (Phi) is 3.00. The number of rotatable bonds is 2. The summed E-state index contributed by atoms with van der Waals surface area (Å²) < 4.78 is 0. The van der Waals surface area contributed by atoms with Crippen molar-refractivity contribution in [2.45, 2.75) is 18.9 Å². The van der Waals surface area contributed by atoms with Crippen molar-refractivity contribution in [2.24, 2.45) is 0 Å². The Hall–Kier alpha value is -2.14. The van der Waals surface area contributed by atoms with E-state index in [1.807, 2.05) is 24.3 Å². The van der Waals surface area contributed by atoms with Crippen molar-refractivity contribution >= 4 is 28.6 Å². The Morgan fingerprint density at radius 1 is 1.19 bits per heavy atom. The van der Waals surface area contributed by atoms with Crippen LogP contribution in [-0.2, 0) is 0 Å². The quantitative estimate of drug-likeness (QED) is 0.788. The monoisotopic (exact) mass is 299 g/mol. The summed E-state index contributed by atoms with van der Waals surface area (Å²) in [5.41, 5.74) is 2.06. The van der Waals surface area contributed by atoms with E-state index in [0.29, 0.717) is 11.0 Å². The fourth-order valence-electron chi connectivity index (χ4n) is 2.87. The highest BCUT2D eigenvalue weighted by Gasteiger charge is 2.30. The van der Waals surface area contributed by atoms with Crippen LogP contribution in [0.2, 0.25) is 5.02 Å². The number of anilines is 1. The molecule has 0 saturated carbocycles. The summed E-state index contributed by atoms with van der Waals surface area (Å²) in [6, 6.07) is 8.27. The molecule has 1 saturated heterocycles. The van der Waals surface area contributed by atoms with Crippen molar-refractivity contribution in [3.8, 4) is 0 Å². The molecular formula is C15H14ClN5. The molecule has 106 valence electrons. The van der Waals surface area contributed by atoms with Gasteiger partial charge >= 0.3 is 0 Å². The second-order valence-electron chi connectivity index (χ2n) is 5.19. The lowest BCUT2D eigenvalue weighted by Crippen LogP contribution is -2.25. The number of hydrogen-bond donors (Lipinski definition) is 1. The Morgan fingerprint density at radius 2 is 2.00 bits per heavy atom. The Balaban J connectivity index is 1.71. The number of para-hydroxylation sites is 2. The Bertz CT molecular complexity index is 734. The molecule has 3 heterocycles. The molecular weight excluding hydrogens is 286 g/mol. The Labute approximate surface area is 127 Å². The summed E-state index contributed by atoms with van der Waals surface area (Å²) in [4.78, 5) is 19.0. The highest BCUT2D eigenvalue weighted by atomic mass is 35.5. The molecule has 1 N–H and O–H groups in total. The summed E-state index contributed by atoms with van der Waals surface area (Å²) in [5, 5.41) is 0.554. The van der Waals surface area contributed by atoms with Crippen LogP contribution in [-0.4, -0.2) is 26.5 Å². The SMILES string of the molecule is Clc1cnc(N2CCCC2c2nc3ccccc3[nH]2)nc1. The lowest BCUT2D eigenvalue weighted by molar-refractivity contribution is 0.665. The van der Waals surface area contributed by atoms with Crippen molar-refractivity contribution in [1.29, 1.82) is 0 Å². The first-order valence-electron chi connectivity index (χ1n) is 7.00. The van der Waals surface area contributed by atoms with Gasteiger partial charge in [-0.25, -0.2) is 15.0 Å². The van der Waals surface area contributed by atoms with E-state index in [4.69, 9.17) is 16.6 Å². The highest BCUT2D eigenvalue weighted by Crippen LogP contribution is 2.33. The van der Waals surface area contributed by atoms with E-state index in [1.54, 1.807) is 12.4 Å². The topological polar surface area (TPSA) is 57.7 Å². The maximum atomic E-state index is 5.86. The zero-order valence-corrected chi connectivity index (χ0v) is 12.1. The summed E-state index contributed by atoms with van der Waals surface area (Å²) in [5.74, 6) is 1.69. The third-order valence-corrected chi connectivity index (χ3v) is 4.03. The van der Waals surface area contributed by atoms with Crippen LogP contribution in [0.4, 0.5) is 5.95 Å². The van der Waals surface area contributed by atoms with Gasteiger partial charge in [0.1, 0.15) is 5.82 Å². The van der Waals surface area contributed by atoms with Gasteiger partial charge in [0.05, 0.1) is 34.5 Å². The van der Waals surface area contributed by atoms with Gasteiger partial charge in [0.2, 0.25) is 5.95 Å². The number of aromatic amines is 1. The second-order valence-corrected chi connectivity index (χ2v) is 5.63. The third-order valence-electron chi connectivity index (χ3n) is 3.84. The molecule has 0 bridgehead atoms. The van der Waals surface area contributed by atoms with E-state index in [2.05, 4.69) is 19.9 Å². The molecule has 1 unspecified atom stereocenters. The number of halogens is 1. The molecule has 6 heteroatoms. The van der Waals surface area contributed by atoms with E-state index >= 15 is 0 Å². The van der Waals surface area contributed by atoms with Crippen LogP contribution in [0.15, 0.2) is 36.7 Å². The first kappa shape index (κ1) is 12.6. The molecule has 21 heavy (non-hydrogen) atoms. The molecule has 1 atom stereocenters. The number of imidazole rings is 1. The number of fused-ring (bicyclic) bond motifs is 1. The minimum absolute atomic E-state index is 0.193. The minimum Gasteiger partial charge on any atom is -0.340 e. The van der Waals surface area contributed by atoms with Crippen molar-refractivity contribution in [3.05, 3.63) is 47.5 Å². The van der Waals surface area contributed by atoms with Gasteiger partial charge < -0.3 is 9.88 Å². The zero-order chi connectivity index (χ0) is 14.2. The number of nitrogens with zero attached hydrogens (tertiary/aromatic N) is 4. The minimum atomic E-state index is 0.193. The van der Waals surface area contributed by atoms with E-state index < -0.39 is 0 Å². The van der Waals surface area contributed by atoms with E-state index in [1.165, 1.54) is 0 Å². The molecule has 0 spiro atoms. The van der Waals surface area contributed by atoms with Gasteiger partial charge in [-0.3, -0.25) is 0 Å². The zero-order valence-electron chi connectivity index (χ0n) is 11.3. The first-order valence-corrected chi connectivity index (χ1v) is 7.38. The second kappa shape index (κ2) is 5.00. The maximum absolute atomic E-state index is 5.86. The van der Waals surface area contributed by atoms with Gasteiger partial charge in [-0.05, 0) is 25.0 Å². The Morgan fingerprint density at radius 3 is 2.81 bits per heavy atom. The third kappa shape index (κ3) is 2.23.